The van der Waals surface area contributed by atoms with Crippen molar-refractivity contribution in [3.63, 3.8) is 0 Å². The van der Waals surface area contributed by atoms with Gasteiger partial charge in [0.15, 0.2) is 0 Å². The van der Waals surface area contributed by atoms with Crippen LogP contribution in [0.15, 0.2) is 42.5 Å². The van der Waals surface area contributed by atoms with E-state index in [9.17, 15) is 4.39 Å². The van der Waals surface area contributed by atoms with Crippen molar-refractivity contribution in [3.8, 4) is 0 Å². The molecule has 0 amide bonds. The van der Waals surface area contributed by atoms with Gasteiger partial charge in [0.1, 0.15) is 5.82 Å². The maximum Gasteiger partial charge on any atom is 0.142 e. The predicted molar refractivity (Wildman–Crippen MR) is 76.6 cm³/mol. The van der Waals surface area contributed by atoms with Crippen LogP contribution in [0.25, 0.3) is 0 Å². The van der Waals surface area contributed by atoms with Gasteiger partial charge in [-0.1, -0.05) is 47.5 Å². The molecule has 1 unspecified atom stereocenters. The van der Waals surface area contributed by atoms with Gasteiger partial charge < -0.3 is 0 Å². The Morgan fingerprint density at radius 2 is 1.89 bits per heavy atom. The SMILES string of the molecule is NNC(Cc1cccc(F)c1Cl)c1cccc(Cl)c1. The van der Waals surface area contributed by atoms with Crippen molar-refractivity contribution in [3.05, 3.63) is 69.5 Å². The zero-order valence-electron chi connectivity index (χ0n) is 10.0. The van der Waals surface area contributed by atoms with Crippen molar-refractivity contribution in [2.24, 2.45) is 5.84 Å². The van der Waals surface area contributed by atoms with Gasteiger partial charge in [0.2, 0.25) is 0 Å². The summed E-state index contributed by atoms with van der Waals surface area (Å²) in [6.45, 7) is 0. The number of halogens is 3. The van der Waals surface area contributed by atoms with Gasteiger partial charge in [-0.15, -0.1) is 0 Å². The highest BCUT2D eigenvalue weighted by Gasteiger charge is 2.14. The minimum Gasteiger partial charge on any atom is -0.271 e. The Hall–Kier alpha value is -1.13. The van der Waals surface area contributed by atoms with Crippen LogP contribution in [-0.2, 0) is 6.42 Å². The van der Waals surface area contributed by atoms with Crippen molar-refractivity contribution in [2.45, 2.75) is 12.5 Å². The molecule has 2 nitrogen and oxygen atoms in total. The third kappa shape index (κ3) is 3.45. The van der Waals surface area contributed by atoms with Crippen LogP contribution < -0.4 is 11.3 Å². The van der Waals surface area contributed by atoms with Crippen LogP contribution in [0.1, 0.15) is 17.2 Å². The van der Waals surface area contributed by atoms with Gasteiger partial charge in [0.05, 0.1) is 11.1 Å². The van der Waals surface area contributed by atoms with E-state index >= 15 is 0 Å². The molecule has 0 radical (unpaired) electrons. The average molecular weight is 299 g/mol. The molecule has 0 fully saturated rings. The fraction of sp³-hybridized carbons (Fsp3) is 0.143. The summed E-state index contributed by atoms with van der Waals surface area (Å²) in [6.07, 6.45) is 0.480. The molecule has 0 heterocycles. The molecule has 3 N–H and O–H groups in total. The molecule has 5 heteroatoms. The smallest absolute Gasteiger partial charge is 0.142 e. The molecule has 0 aliphatic carbocycles. The molecule has 0 bridgehead atoms. The molecule has 19 heavy (non-hydrogen) atoms. The molecule has 2 aromatic rings. The maximum atomic E-state index is 13.4. The first-order chi connectivity index (χ1) is 9.11. The van der Waals surface area contributed by atoms with E-state index in [0.29, 0.717) is 17.0 Å². The summed E-state index contributed by atoms with van der Waals surface area (Å²) in [7, 11) is 0. The molecule has 0 aliphatic rings. The summed E-state index contributed by atoms with van der Waals surface area (Å²) >= 11 is 11.9. The molecule has 2 rings (SSSR count). The highest BCUT2D eigenvalue weighted by Crippen LogP contribution is 2.26. The number of rotatable bonds is 4. The second-order valence-electron chi connectivity index (χ2n) is 4.19. The lowest BCUT2D eigenvalue weighted by molar-refractivity contribution is 0.549. The van der Waals surface area contributed by atoms with E-state index < -0.39 is 5.82 Å². The van der Waals surface area contributed by atoms with Crippen LogP contribution in [0.3, 0.4) is 0 Å². The van der Waals surface area contributed by atoms with Crippen LogP contribution >= 0.6 is 23.2 Å². The number of hydrazine groups is 1. The number of benzene rings is 2. The van der Waals surface area contributed by atoms with E-state index in [4.69, 9.17) is 29.0 Å². The molecular weight excluding hydrogens is 286 g/mol. The molecule has 0 saturated carbocycles. The summed E-state index contributed by atoms with van der Waals surface area (Å²) in [5.74, 6) is 5.13. The van der Waals surface area contributed by atoms with Gasteiger partial charge in [-0.2, -0.15) is 0 Å². The Bertz CT molecular complexity index is 575. The van der Waals surface area contributed by atoms with E-state index in [2.05, 4.69) is 5.43 Å². The van der Waals surface area contributed by atoms with E-state index in [1.165, 1.54) is 6.07 Å². The number of nitrogens with two attached hydrogens (primary N) is 1. The highest BCUT2D eigenvalue weighted by atomic mass is 35.5. The lowest BCUT2D eigenvalue weighted by Gasteiger charge is -2.17. The average Bonchev–Trinajstić information content (AvgIpc) is 2.40. The van der Waals surface area contributed by atoms with Crippen molar-refractivity contribution in [2.75, 3.05) is 0 Å². The first-order valence-corrected chi connectivity index (χ1v) is 6.52. The van der Waals surface area contributed by atoms with Crippen LogP contribution in [0.2, 0.25) is 10.0 Å². The normalized spacial score (nSPS) is 12.4. The van der Waals surface area contributed by atoms with Crippen LogP contribution in [0.5, 0.6) is 0 Å². The monoisotopic (exact) mass is 298 g/mol. The topological polar surface area (TPSA) is 38.0 Å². The van der Waals surface area contributed by atoms with Crippen LogP contribution in [-0.4, -0.2) is 0 Å². The largest absolute Gasteiger partial charge is 0.271 e. The minimum absolute atomic E-state index is 0.129. The summed E-state index contributed by atoms with van der Waals surface area (Å²) < 4.78 is 13.4. The molecule has 0 aromatic heterocycles. The molecule has 0 spiro atoms. The van der Waals surface area contributed by atoms with Gasteiger partial charge in [-0.25, -0.2) is 4.39 Å². The Morgan fingerprint density at radius 1 is 1.16 bits per heavy atom. The zero-order valence-corrected chi connectivity index (χ0v) is 11.5. The fourth-order valence-electron chi connectivity index (χ4n) is 1.92. The van der Waals surface area contributed by atoms with Crippen LogP contribution in [0, 0.1) is 5.82 Å². The molecular formula is C14H13Cl2FN2. The Balaban J connectivity index is 2.26. The van der Waals surface area contributed by atoms with Gasteiger partial charge in [-0.3, -0.25) is 11.3 Å². The quantitative estimate of drug-likeness (QED) is 0.664. The van der Waals surface area contributed by atoms with E-state index in [0.717, 1.165) is 5.56 Å². The molecule has 2 aromatic carbocycles. The Morgan fingerprint density at radius 3 is 2.58 bits per heavy atom. The van der Waals surface area contributed by atoms with Gasteiger partial charge in [-0.05, 0) is 35.7 Å². The minimum atomic E-state index is -0.430. The summed E-state index contributed by atoms with van der Waals surface area (Å²) in [5.41, 5.74) is 4.33. The highest BCUT2D eigenvalue weighted by molar-refractivity contribution is 6.31. The second kappa shape index (κ2) is 6.35. The third-order valence-corrected chi connectivity index (χ3v) is 3.57. The molecule has 0 aliphatic heterocycles. The third-order valence-electron chi connectivity index (χ3n) is 2.91. The van der Waals surface area contributed by atoms with E-state index in [1.54, 1.807) is 18.2 Å². The molecule has 1 atom stereocenters. The lowest BCUT2D eigenvalue weighted by Crippen LogP contribution is -2.29. The summed E-state index contributed by atoms with van der Waals surface area (Å²) in [6, 6.07) is 11.9. The van der Waals surface area contributed by atoms with Crippen molar-refractivity contribution < 1.29 is 4.39 Å². The van der Waals surface area contributed by atoms with Crippen molar-refractivity contribution in [1.29, 1.82) is 0 Å². The standard InChI is InChI=1S/C14H13Cl2FN2/c15-11-5-1-3-9(7-11)13(19-18)8-10-4-2-6-12(17)14(10)16/h1-7,13,19H,8,18H2. The van der Waals surface area contributed by atoms with Crippen LogP contribution in [0.4, 0.5) is 4.39 Å². The fourth-order valence-corrected chi connectivity index (χ4v) is 2.32. The summed E-state index contributed by atoms with van der Waals surface area (Å²) in [4.78, 5) is 0. The zero-order chi connectivity index (χ0) is 13.8. The molecule has 0 saturated heterocycles. The van der Waals surface area contributed by atoms with Gasteiger partial charge in [0, 0.05) is 5.02 Å². The van der Waals surface area contributed by atoms with Gasteiger partial charge in [0.25, 0.3) is 0 Å². The first-order valence-electron chi connectivity index (χ1n) is 5.76. The molecule has 100 valence electrons. The van der Waals surface area contributed by atoms with E-state index in [-0.39, 0.29) is 11.1 Å². The Labute approximate surface area is 121 Å². The second-order valence-corrected chi connectivity index (χ2v) is 5.01. The van der Waals surface area contributed by atoms with Gasteiger partial charge >= 0.3 is 0 Å². The number of hydrogen-bond acceptors (Lipinski definition) is 2. The first kappa shape index (κ1) is 14.3. The lowest BCUT2D eigenvalue weighted by atomic mass is 9.99. The Kier molecular flexibility index (Phi) is 4.77. The van der Waals surface area contributed by atoms with Crippen molar-refractivity contribution >= 4 is 23.2 Å². The number of nitrogens with one attached hydrogen (secondary N) is 1. The summed E-state index contributed by atoms with van der Waals surface area (Å²) in [5, 5.41) is 0.757. The van der Waals surface area contributed by atoms with Crippen molar-refractivity contribution in [1.82, 2.24) is 5.43 Å². The van der Waals surface area contributed by atoms with E-state index in [1.807, 2.05) is 18.2 Å². The predicted octanol–water partition coefficient (Wildman–Crippen LogP) is 3.88. The number of hydrogen-bond donors (Lipinski definition) is 2. The maximum absolute atomic E-state index is 13.4.